The highest BCUT2D eigenvalue weighted by molar-refractivity contribution is 6.99. The maximum absolute atomic E-state index is 12.7. The molecule has 0 aliphatic rings. The van der Waals surface area contributed by atoms with Crippen molar-refractivity contribution in [2.75, 3.05) is 5.32 Å². The molecule has 5 nitrogen and oxygen atoms in total. The molecular weight excluding hydrogens is 394 g/mol. The van der Waals surface area contributed by atoms with Crippen molar-refractivity contribution < 1.29 is 9.59 Å². The Labute approximate surface area is 176 Å². The monoisotopic (exact) mass is 409 g/mol. The van der Waals surface area contributed by atoms with Crippen LogP contribution in [0, 0.1) is 0 Å². The first-order valence-corrected chi connectivity index (χ1v) is 10.1. The van der Waals surface area contributed by atoms with Crippen LogP contribution in [0.5, 0.6) is 0 Å². The van der Waals surface area contributed by atoms with E-state index in [1.807, 2.05) is 72.8 Å². The number of benzene rings is 4. The molecule has 144 valence electrons. The van der Waals surface area contributed by atoms with Gasteiger partial charge in [0, 0.05) is 11.1 Å². The molecule has 1 heterocycles. The van der Waals surface area contributed by atoms with Crippen molar-refractivity contribution in [3.8, 4) is 11.3 Å². The number of Topliss-reactive ketones (excluding diaryl/α,β-unsaturated/α-hetero) is 1. The van der Waals surface area contributed by atoms with E-state index in [9.17, 15) is 9.59 Å². The van der Waals surface area contributed by atoms with Gasteiger partial charge in [0.15, 0.2) is 5.82 Å². The van der Waals surface area contributed by atoms with Crippen molar-refractivity contribution in [2.24, 2.45) is 0 Å². The van der Waals surface area contributed by atoms with E-state index in [1.54, 1.807) is 12.1 Å². The third-order valence-electron chi connectivity index (χ3n) is 4.96. The van der Waals surface area contributed by atoms with Gasteiger partial charge in [0.1, 0.15) is 5.69 Å². The fourth-order valence-corrected chi connectivity index (χ4v) is 3.95. The van der Waals surface area contributed by atoms with Crippen LogP contribution in [0.3, 0.4) is 0 Å². The molecule has 0 unspecified atom stereocenters. The minimum atomic E-state index is -0.736. The van der Waals surface area contributed by atoms with Crippen LogP contribution in [0.2, 0.25) is 0 Å². The van der Waals surface area contributed by atoms with Crippen LogP contribution in [-0.2, 0) is 4.79 Å². The number of nitrogens with zero attached hydrogens (tertiary/aromatic N) is 2. The van der Waals surface area contributed by atoms with Crippen LogP contribution < -0.4 is 5.32 Å². The van der Waals surface area contributed by atoms with Gasteiger partial charge >= 0.3 is 0 Å². The summed E-state index contributed by atoms with van der Waals surface area (Å²) in [5.41, 5.74) is 1.71. The van der Waals surface area contributed by atoms with Crippen molar-refractivity contribution in [2.45, 2.75) is 0 Å². The zero-order valence-corrected chi connectivity index (χ0v) is 16.5. The minimum Gasteiger partial charge on any atom is -0.301 e. The van der Waals surface area contributed by atoms with Crippen molar-refractivity contribution in [1.29, 1.82) is 0 Å². The molecule has 0 saturated carbocycles. The lowest BCUT2D eigenvalue weighted by atomic mass is 10.0. The van der Waals surface area contributed by atoms with E-state index >= 15 is 0 Å². The summed E-state index contributed by atoms with van der Waals surface area (Å²) in [5, 5.41) is 6.72. The molecule has 30 heavy (non-hydrogen) atoms. The van der Waals surface area contributed by atoms with Crippen LogP contribution >= 0.6 is 11.7 Å². The second-order valence-electron chi connectivity index (χ2n) is 6.87. The maximum atomic E-state index is 12.7. The lowest BCUT2D eigenvalue weighted by Crippen LogP contribution is -2.23. The molecule has 1 aromatic heterocycles. The number of hydrogen-bond donors (Lipinski definition) is 1. The number of carbonyl (C=O) groups is 2. The minimum absolute atomic E-state index is 0.287. The predicted molar refractivity (Wildman–Crippen MR) is 120 cm³/mol. The first-order chi connectivity index (χ1) is 14.7. The molecule has 6 heteroatoms. The number of aromatic nitrogens is 2. The molecule has 1 amide bonds. The van der Waals surface area contributed by atoms with E-state index in [1.165, 1.54) is 0 Å². The van der Waals surface area contributed by atoms with Gasteiger partial charge in [-0.15, -0.1) is 0 Å². The molecule has 0 aliphatic carbocycles. The Morgan fingerprint density at radius 1 is 0.700 bits per heavy atom. The second-order valence-corrected chi connectivity index (χ2v) is 7.40. The number of nitrogens with one attached hydrogen (secondary N) is 1. The Morgan fingerprint density at radius 2 is 1.33 bits per heavy atom. The maximum Gasteiger partial charge on any atom is 0.298 e. The summed E-state index contributed by atoms with van der Waals surface area (Å²) in [6.45, 7) is 0. The molecular formula is C24H15N3O2S. The Bertz CT molecular complexity index is 1420. The highest BCUT2D eigenvalue weighted by atomic mass is 32.1. The number of fused-ring (bicyclic) bond motifs is 2. The smallest absolute Gasteiger partial charge is 0.298 e. The Kier molecular flexibility index (Phi) is 4.53. The highest BCUT2D eigenvalue weighted by Gasteiger charge is 2.20. The van der Waals surface area contributed by atoms with Gasteiger partial charge < -0.3 is 5.32 Å². The molecule has 0 saturated heterocycles. The van der Waals surface area contributed by atoms with Gasteiger partial charge in [0.2, 0.25) is 0 Å². The molecule has 0 aliphatic heterocycles. The van der Waals surface area contributed by atoms with Crippen molar-refractivity contribution in [3.05, 3.63) is 90.5 Å². The molecule has 0 bridgehead atoms. The molecule has 1 N–H and O–H groups in total. The van der Waals surface area contributed by atoms with E-state index in [4.69, 9.17) is 0 Å². The van der Waals surface area contributed by atoms with Gasteiger partial charge in [-0.1, -0.05) is 72.8 Å². The molecule has 5 rings (SSSR count). The summed E-state index contributed by atoms with van der Waals surface area (Å²) >= 11 is 0.992. The Balaban J connectivity index is 1.42. The molecule has 0 spiro atoms. The lowest BCUT2D eigenvalue weighted by molar-refractivity contribution is -0.112. The van der Waals surface area contributed by atoms with E-state index in [0.29, 0.717) is 11.3 Å². The average Bonchev–Trinajstić information content (AvgIpc) is 3.26. The van der Waals surface area contributed by atoms with E-state index in [2.05, 4.69) is 14.1 Å². The van der Waals surface area contributed by atoms with E-state index < -0.39 is 11.7 Å². The van der Waals surface area contributed by atoms with Gasteiger partial charge in [0.25, 0.3) is 11.7 Å². The van der Waals surface area contributed by atoms with Crippen molar-refractivity contribution >= 4 is 50.8 Å². The average molecular weight is 409 g/mol. The summed E-state index contributed by atoms with van der Waals surface area (Å²) in [5.74, 6) is -1.06. The first kappa shape index (κ1) is 18.1. The third kappa shape index (κ3) is 3.33. The quantitative estimate of drug-likeness (QED) is 0.322. The fraction of sp³-hybridized carbons (Fsp3) is 0. The topological polar surface area (TPSA) is 72.0 Å². The Morgan fingerprint density at radius 3 is 2.07 bits per heavy atom. The van der Waals surface area contributed by atoms with Gasteiger partial charge in [-0.2, -0.15) is 8.75 Å². The molecule has 0 radical (unpaired) electrons. The van der Waals surface area contributed by atoms with Gasteiger partial charge in [0.05, 0.1) is 11.7 Å². The first-order valence-electron chi connectivity index (χ1n) is 9.35. The summed E-state index contributed by atoms with van der Waals surface area (Å²) in [4.78, 5) is 25.3. The number of amides is 1. The third-order valence-corrected chi connectivity index (χ3v) is 5.49. The summed E-state index contributed by atoms with van der Waals surface area (Å²) in [6.07, 6.45) is 0. The van der Waals surface area contributed by atoms with Crippen LogP contribution in [-0.4, -0.2) is 20.4 Å². The van der Waals surface area contributed by atoms with Crippen LogP contribution in [0.1, 0.15) is 10.4 Å². The molecule has 4 aromatic carbocycles. The number of ketones is 1. The van der Waals surface area contributed by atoms with Crippen LogP contribution in [0.4, 0.5) is 5.82 Å². The number of rotatable bonds is 4. The molecule has 0 atom stereocenters. The second kappa shape index (κ2) is 7.50. The van der Waals surface area contributed by atoms with E-state index in [0.717, 1.165) is 38.8 Å². The van der Waals surface area contributed by atoms with Gasteiger partial charge in [-0.25, -0.2) is 0 Å². The zero-order chi connectivity index (χ0) is 20.5. The standard InChI is InChI=1S/C24H15N3O2S/c28-22(20-12-10-16-6-2-4-8-18(16)14-20)24(29)25-23-21(26-30-27-23)19-11-9-15-5-1-3-7-17(15)13-19/h1-14H,(H,25,27,29). The fourth-order valence-electron chi connectivity index (χ4n) is 3.42. The summed E-state index contributed by atoms with van der Waals surface area (Å²) in [6, 6.07) is 26.8. The summed E-state index contributed by atoms with van der Waals surface area (Å²) < 4.78 is 8.51. The lowest BCUT2D eigenvalue weighted by Gasteiger charge is -2.06. The normalized spacial score (nSPS) is 10.9. The van der Waals surface area contributed by atoms with Crippen molar-refractivity contribution in [1.82, 2.24) is 8.75 Å². The van der Waals surface area contributed by atoms with Gasteiger partial charge in [-0.3, -0.25) is 9.59 Å². The highest BCUT2D eigenvalue weighted by Crippen LogP contribution is 2.29. The molecule has 5 aromatic rings. The van der Waals surface area contributed by atoms with Gasteiger partial charge in [-0.05, 0) is 33.7 Å². The van der Waals surface area contributed by atoms with E-state index in [-0.39, 0.29) is 5.82 Å². The summed E-state index contributed by atoms with van der Waals surface area (Å²) in [7, 11) is 0. The largest absolute Gasteiger partial charge is 0.301 e. The van der Waals surface area contributed by atoms with Crippen LogP contribution in [0.15, 0.2) is 84.9 Å². The SMILES string of the molecule is O=C(Nc1nsnc1-c1ccc2ccccc2c1)C(=O)c1ccc2ccccc2c1. The number of anilines is 1. The van der Waals surface area contributed by atoms with Crippen molar-refractivity contribution in [3.63, 3.8) is 0 Å². The Hall–Kier alpha value is -3.90. The number of hydrogen-bond acceptors (Lipinski definition) is 5. The van der Waals surface area contributed by atoms with Crippen LogP contribution in [0.25, 0.3) is 32.8 Å². The zero-order valence-electron chi connectivity index (χ0n) is 15.7. The predicted octanol–water partition coefficient (Wildman–Crippen LogP) is 5.33. The number of carbonyl (C=O) groups excluding carboxylic acids is 2. The molecule has 0 fully saturated rings.